The van der Waals surface area contributed by atoms with E-state index in [0.717, 1.165) is 12.8 Å². The fraction of sp³-hybridized carbons (Fsp3) is 0.538. The van der Waals surface area contributed by atoms with Gasteiger partial charge < -0.3 is 15.3 Å². The predicted molar refractivity (Wildman–Crippen MR) is 65.1 cm³/mol. The van der Waals surface area contributed by atoms with E-state index in [9.17, 15) is 0 Å². The lowest BCUT2D eigenvalue weighted by molar-refractivity contribution is -0.127. The summed E-state index contributed by atoms with van der Waals surface area (Å²) in [5, 5.41) is 24.8. The Morgan fingerprint density at radius 3 is 2.06 bits per heavy atom. The highest BCUT2D eigenvalue weighted by Crippen LogP contribution is 2.08. The summed E-state index contributed by atoms with van der Waals surface area (Å²) in [5.74, 6) is -1.50. The zero-order chi connectivity index (χ0) is 12.6. The molecule has 3 heteroatoms. The number of rotatable bonds is 3. The van der Waals surface area contributed by atoms with Crippen LogP contribution in [0.3, 0.4) is 0 Å². The Bertz CT molecular complexity index is 283. The molecular formula is C13H22O3. The Balaban J connectivity index is 0.000000385. The van der Waals surface area contributed by atoms with Gasteiger partial charge in [0.05, 0.1) is 0 Å². The third-order valence-electron chi connectivity index (χ3n) is 1.87. The second kappa shape index (κ2) is 7.39. The Morgan fingerprint density at radius 2 is 1.62 bits per heavy atom. The van der Waals surface area contributed by atoms with Gasteiger partial charge in [0, 0.05) is 6.61 Å². The van der Waals surface area contributed by atoms with Crippen LogP contribution in [0.15, 0.2) is 24.3 Å². The molecule has 0 saturated heterocycles. The van der Waals surface area contributed by atoms with Crippen molar-refractivity contribution in [2.75, 3.05) is 6.61 Å². The van der Waals surface area contributed by atoms with Crippen molar-refractivity contribution in [2.24, 2.45) is 0 Å². The first-order valence-electron chi connectivity index (χ1n) is 5.44. The summed E-state index contributed by atoms with van der Waals surface area (Å²) in [6.45, 7) is 4.99. The molecule has 92 valence electrons. The fourth-order valence-corrected chi connectivity index (χ4v) is 1.16. The summed E-state index contributed by atoms with van der Waals surface area (Å²) in [4.78, 5) is 0. The molecule has 16 heavy (non-hydrogen) atoms. The maximum atomic E-state index is 8.62. The second-order valence-corrected chi connectivity index (χ2v) is 4.25. The molecule has 0 aliphatic rings. The number of aryl methyl sites for hydroxylation is 2. The maximum Gasteiger partial charge on any atom is 0.156 e. The molecule has 0 unspecified atom stereocenters. The van der Waals surface area contributed by atoms with Crippen molar-refractivity contribution >= 4 is 0 Å². The highest BCUT2D eigenvalue weighted by Gasteiger charge is 2.00. The minimum absolute atomic E-state index is 0.286. The van der Waals surface area contributed by atoms with E-state index in [2.05, 4.69) is 19.1 Å². The average molecular weight is 226 g/mol. The van der Waals surface area contributed by atoms with Gasteiger partial charge in [-0.25, -0.2) is 0 Å². The Hall–Kier alpha value is -0.900. The van der Waals surface area contributed by atoms with Crippen molar-refractivity contribution in [1.82, 2.24) is 0 Å². The van der Waals surface area contributed by atoms with Gasteiger partial charge in [0.15, 0.2) is 5.79 Å². The van der Waals surface area contributed by atoms with E-state index >= 15 is 0 Å². The second-order valence-electron chi connectivity index (χ2n) is 4.25. The van der Waals surface area contributed by atoms with Crippen LogP contribution in [0.2, 0.25) is 0 Å². The van der Waals surface area contributed by atoms with Crippen molar-refractivity contribution in [2.45, 2.75) is 39.4 Å². The average Bonchev–Trinajstić information content (AvgIpc) is 2.14. The van der Waals surface area contributed by atoms with Gasteiger partial charge in [0.25, 0.3) is 0 Å². The van der Waals surface area contributed by atoms with E-state index in [1.54, 1.807) is 0 Å². The lowest BCUT2D eigenvalue weighted by Gasteiger charge is -2.03. The first kappa shape index (κ1) is 15.1. The number of aliphatic hydroxyl groups is 3. The van der Waals surface area contributed by atoms with Crippen molar-refractivity contribution < 1.29 is 15.3 Å². The van der Waals surface area contributed by atoms with Crippen LogP contribution in [0.5, 0.6) is 0 Å². The molecule has 0 bridgehead atoms. The van der Waals surface area contributed by atoms with Gasteiger partial charge in [-0.1, -0.05) is 24.3 Å². The third-order valence-corrected chi connectivity index (χ3v) is 1.87. The fourth-order valence-electron chi connectivity index (χ4n) is 1.16. The van der Waals surface area contributed by atoms with Crippen LogP contribution in [0, 0.1) is 6.92 Å². The third kappa shape index (κ3) is 9.65. The molecule has 0 atom stereocenters. The summed E-state index contributed by atoms with van der Waals surface area (Å²) in [7, 11) is 0. The largest absolute Gasteiger partial charge is 0.396 e. The van der Waals surface area contributed by atoms with Crippen LogP contribution in [-0.2, 0) is 6.42 Å². The van der Waals surface area contributed by atoms with E-state index in [-0.39, 0.29) is 6.61 Å². The Morgan fingerprint density at radius 1 is 1.12 bits per heavy atom. The van der Waals surface area contributed by atoms with Gasteiger partial charge >= 0.3 is 0 Å². The number of aliphatic hydroxyl groups excluding tert-OH is 1. The van der Waals surface area contributed by atoms with Crippen LogP contribution >= 0.6 is 0 Å². The highest BCUT2D eigenvalue weighted by molar-refractivity contribution is 5.25. The predicted octanol–water partition coefficient (Wildman–Crippen LogP) is 1.63. The van der Waals surface area contributed by atoms with Gasteiger partial charge in [-0.2, -0.15) is 0 Å². The standard InChI is InChI=1S/C10H14O.C3H8O2/c1-9-5-2-3-6-10(9)7-4-8-11;1-3(2,4)5/h2-3,5-6,11H,4,7-8H2,1H3;4-5H,1-2H3. The monoisotopic (exact) mass is 226 g/mol. The molecule has 0 fully saturated rings. The molecule has 3 nitrogen and oxygen atoms in total. The molecule has 0 aliphatic heterocycles. The number of benzene rings is 1. The molecule has 0 aromatic heterocycles. The smallest absolute Gasteiger partial charge is 0.156 e. The lowest BCUT2D eigenvalue weighted by Crippen LogP contribution is -2.15. The molecule has 0 radical (unpaired) electrons. The van der Waals surface area contributed by atoms with E-state index < -0.39 is 5.79 Å². The molecule has 1 aromatic rings. The number of hydrogen-bond donors (Lipinski definition) is 3. The zero-order valence-corrected chi connectivity index (χ0v) is 10.3. The molecule has 0 aliphatic carbocycles. The normalized spacial score (nSPS) is 10.6. The van der Waals surface area contributed by atoms with Gasteiger partial charge in [-0.05, 0) is 44.7 Å². The minimum atomic E-state index is -1.50. The topological polar surface area (TPSA) is 60.7 Å². The quantitative estimate of drug-likeness (QED) is 0.686. The van der Waals surface area contributed by atoms with E-state index in [1.165, 1.54) is 25.0 Å². The Kier molecular flexibility index (Phi) is 6.97. The summed E-state index contributed by atoms with van der Waals surface area (Å²) in [5.41, 5.74) is 2.67. The molecule has 0 saturated carbocycles. The molecular weight excluding hydrogens is 204 g/mol. The lowest BCUT2D eigenvalue weighted by atomic mass is 10.0. The molecule has 3 N–H and O–H groups in total. The summed E-state index contributed by atoms with van der Waals surface area (Å²) in [6, 6.07) is 8.30. The van der Waals surface area contributed by atoms with Crippen LogP contribution in [0.25, 0.3) is 0 Å². The van der Waals surface area contributed by atoms with Gasteiger partial charge in [-0.3, -0.25) is 0 Å². The summed E-state index contributed by atoms with van der Waals surface area (Å²) < 4.78 is 0. The van der Waals surface area contributed by atoms with Gasteiger partial charge in [-0.15, -0.1) is 0 Å². The zero-order valence-electron chi connectivity index (χ0n) is 10.3. The first-order valence-corrected chi connectivity index (χ1v) is 5.44. The van der Waals surface area contributed by atoms with Crippen LogP contribution < -0.4 is 0 Å². The van der Waals surface area contributed by atoms with Crippen LogP contribution in [0.1, 0.15) is 31.4 Å². The van der Waals surface area contributed by atoms with Gasteiger partial charge in [0.2, 0.25) is 0 Å². The SMILES string of the molecule is CC(C)(O)O.Cc1ccccc1CCCO. The van der Waals surface area contributed by atoms with E-state index in [0.29, 0.717) is 0 Å². The minimum Gasteiger partial charge on any atom is -0.396 e. The summed E-state index contributed by atoms with van der Waals surface area (Å²) in [6.07, 6.45) is 1.86. The van der Waals surface area contributed by atoms with Crippen molar-refractivity contribution in [3.8, 4) is 0 Å². The molecule has 0 amide bonds. The van der Waals surface area contributed by atoms with E-state index in [1.807, 2.05) is 12.1 Å². The van der Waals surface area contributed by atoms with Crippen molar-refractivity contribution in [3.63, 3.8) is 0 Å². The summed E-state index contributed by atoms with van der Waals surface area (Å²) >= 11 is 0. The van der Waals surface area contributed by atoms with Crippen molar-refractivity contribution in [3.05, 3.63) is 35.4 Å². The molecule has 0 heterocycles. The van der Waals surface area contributed by atoms with Crippen LogP contribution in [0.4, 0.5) is 0 Å². The molecule has 1 rings (SSSR count). The number of hydrogen-bond acceptors (Lipinski definition) is 3. The van der Waals surface area contributed by atoms with Gasteiger partial charge in [0.1, 0.15) is 0 Å². The van der Waals surface area contributed by atoms with Crippen molar-refractivity contribution in [1.29, 1.82) is 0 Å². The molecule has 1 aromatic carbocycles. The first-order chi connectivity index (χ1) is 7.34. The highest BCUT2D eigenvalue weighted by atomic mass is 16.5. The maximum absolute atomic E-state index is 8.62. The van der Waals surface area contributed by atoms with Crippen LogP contribution in [-0.4, -0.2) is 27.7 Å². The molecule has 0 spiro atoms. The Labute approximate surface area is 97.4 Å². The van der Waals surface area contributed by atoms with E-state index in [4.69, 9.17) is 15.3 Å².